The van der Waals surface area contributed by atoms with Gasteiger partial charge < -0.3 is 4.74 Å². The third kappa shape index (κ3) is 3.43. The van der Waals surface area contributed by atoms with Crippen LogP contribution in [0.1, 0.15) is 25.5 Å². The van der Waals surface area contributed by atoms with Crippen LogP contribution in [0, 0.1) is 11.3 Å². The van der Waals surface area contributed by atoms with Gasteiger partial charge >= 0.3 is 0 Å². The summed E-state index contributed by atoms with van der Waals surface area (Å²) in [5.74, 6) is 0.549. The standard InChI is InChI=1S/C12H14N2O/c1-3-15-10(2)14-12(9-13)11-7-5-4-6-8-11/h4-8,12H,3H2,1-2H3. The molecule has 0 aromatic heterocycles. The van der Waals surface area contributed by atoms with Gasteiger partial charge in [-0.25, -0.2) is 4.99 Å². The molecule has 0 aliphatic heterocycles. The highest BCUT2D eigenvalue weighted by molar-refractivity contribution is 5.73. The molecule has 0 amide bonds. The van der Waals surface area contributed by atoms with Gasteiger partial charge in [-0.1, -0.05) is 30.3 Å². The van der Waals surface area contributed by atoms with Gasteiger partial charge in [0.25, 0.3) is 0 Å². The van der Waals surface area contributed by atoms with Crippen LogP contribution in [0.3, 0.4) is 0 Å². The van der Waals surface area contributed by atoms with E-state index in [0.717, 1.165) is 5.56 Å². The van der Waals surface area contributed by atoms with Crippen LogP contribution >= 0.6 is 0 Å². The highest BCUT2D eigenvalue weighted by Gasteiger charge is 2.08. The van der Waals surface area contributed by atoms with Crippen molar-refractivity contribution in [3.8, 4) is 6.07 Å². The monoisotopic (exact) mass is 202 g/mol. The minimum atomic E-state index is -0.474. The average Bonchev–Trinajstić information content (AvgIpc) is 2.27. The van der Waals surface area contributed by atoms with Crippen molar-refractivity contribution < 1.29 is 4.74 Å². The number of aliphatic imine (C=N–C) groups is 1. The summed E-state index contributed by atoms with van der Waals surface area (Å²) in [6, 6.07) is 11.1. The maximum absolute atomic E-state index is 8.98. The van der Waals surface area contributed by atoms with E-state index in [2.05, 4.69) is 11.1 Å². The van der Waals surface area contributed by atoms with Gasteiger partial charge in [-0.2, -0.15) is 5.26 Å². The molecular weight excluding hydrogens is 188 g/mol. The van der Waals surface area contributed by atoms with E-state index in [0.29, 0.717) is 12.5 Å². The summed E-state index contributed by atoms with van der Waals surface area (Å²) in [4.78, 5) is 4.19. The van der Waals surface area contributed by atoms with E-state index >= 15 is 0 Å². The third-order valence-electron chi connectivity index (χ3n) is 1.90. The molecule has 3 nitrogen and oxygen atoms in total. The van der Waals surface area contributed by atoms with Crippen molar-refractivity contribution in [1.82, 2.24) is 0 Å². The molecular formula is C12H14N2O. The zero-order chi connectivity index (χ0) is 11.1. The smallest absolute Gasteiger partial charge is 0.181 e. The van der Waals surface area contributed by atoms with Gasteiger partial charge in [0.2, 0.25) is 0 Å². The fourth-order valence-corrected chi connectivity index (χ4v) is 1.24. The number of hydrogen-bond donors (Lipinski definition) is 0. The maximum Gasteiger partial charge on any atom is 0.181 e. The highest BCUT2D eigenvalue weighted by atomic mass is 16.5. The van der Waals surface area contributed by atoms with E-state index in [-0.39, 0.29) is 0 Å². The summed E-state index contributed by atoms with van der Waals surface area (Å²) < 4.78 is 5.19. The number of nitriles is 1. The lowest BCUT2D eigenvalue weighted by atomic mass is 10.1. The minimum Gasteiger partial charge on any atom is -0.481 e. The lowest BCUT2D eigenvalue weighted by molar-refractivity contribution is 0.322. The average molecular weight is 202 g/mol. The van der Waals surface area contributed by atoms with Crippen molar-refractivity contribution in [2.45, 2.75) is 19.9 Å². The van der Waals surface area contributed by atoms with Crippen LogP contribution < -0.4 is 0 Å². The lowest BCUT2D eigenvalue weighted by Crippen LogP contribution is -2.02. The Morgan fingerprint density at radius 1 is 1.47 bits per heavy atom. The van der Waals surface area contributed by atoms with Gasteiger partial charge in [0.05, 0.1) is 12.7 Å². The van der Waals surface area contributed by atoms with Crippen molar-refractivity contribution in [3.63, 3.8) is 0 Å². The van der Waals surface area contributed by atoms with E-state index in [1.165, 1.54) is 0 Å². The number of hydrogen-bond acceptors (Lipinski definition) is 3. The second-order valence-corrected chi connectivity index (χ2v) is 3.02. The van der Waals surface area contributed by atoms with E-state index in [1.807, 2.05) is 37.3 Å². The first-order valence-corrected chi connectivity index (χ1v) is 4.89. The Balaban J connectivity index is 2.83. The molecule has 0 N–H and O–H groups in total. The molecule has 0 aliphatic carbocycles. The molecule has 1 aromatic rings. The highest BCUT2D eigenvalue weighted by Crippen LogP contribution is 2.16. The van der Waals surface area contributed by atoms with Crippen LogP contribution in [0.15, 0.2) is 35.3 Å². The zero-order valence-electron chi connectivity index (χ0n) is 8.97. The predicted molar refractivity (Wildman–Crippen MR) is 59.5 cm³/mol. The van der Waals surface area contributed by atoms with Crippen LogP contribution in [0.25, 0.3) is 0 Å². The van der Waals surface area contributed by atoms with Gasteiger partial charge in [-0.3, -0.25) is 0 Å². The molecule has 1 rings (SSSR count). The molecule has 0 aliphatic rings. The molecule has 78 valence electrons. The molecule has 0 radical (unpaired) electrons. The normalized spacial score (nSPS) is 13.0. The third-order valence-corrected chi connectivity index (χ3v) is 1.90. The Morgan fingerprint density at radius 2 is 2.13 bits per heavy atom. The molecule has 0 saturated carbocycles. The number of rotatable bonds is 3. The summed E-state index contributed by atoms with van der Waals surface area (Å²) in [6.07, 6.45) is 0. The fraction of sp³-hybridized carbons (Fsp3) is 0.333. The number of benzene rings is 1. The van der Waals surface area contributed by atoms with E-state index in [4.69, 9.17) is 10.00 Å². The van der Waals surface area contributed by atoms with Gasteiger partial charge in [-0.15, -0.1) is 0 Å². The van der Waals surface area contributed by atoms with Crippen molar-refractivity contribution in [3.05, 3.63) is 35.9 Å². The Kier molecular flexibility index (Phi) is 4.36. The fourth-order valence-electron chi connectivity index (χ4n) is 1.24. The SMILES string of the molecule is CCOC(C)=NC(C#N)c1ccccc1. The summed E-state index contributed by atoms with van der Waals surface area (Å²) in [5.41, 5.74) is 0.888. The first-order chi connectivity index (χ1) is 7.27. The van der Waals surface area contributed by atoms with Crippen molar-refractivity contribution >= 4 is 5.90 Å². The molecule has 0 spiro atoms. The number of nitrogens with zero attached hydrogens (tertiary/aromatic N) is 2. The Hall–Kier alpha value is -1.82. The summed E-state index contributed by atoms with van der Waals surface area (Å²) >= 11 is 0. The Morgan fingerprint density at radius 3 is 2.67 bits per heavy atom. The number of ether oxygens (including phenoxy) is 1. The van der Waals surface area contributed by atoms with Crippen molar-refractivity contribution in [2.75, 3.05) is 6.61 Å². The molecule has 0 bridgehead atoms. The zero-order valence-corrected chi connectivity index (χ0v) is 8.97. The first-order valence-electron chi connectivity index (χ1n) is 4.89. The molecule has 15 heavy (non-hydrogen) atoms. The quantitative estimate of drug-likeness (QED) is 0.558. The molecule has 0 fully saturated rings. The predicted octanol–water partition coefficient (Wildman–Crippen LogP) is 2.71. The summed E-state index contributed by atoms with van der Waals surface area (Å²) in [5, 5.41) is 8.98. The maximum atomic E-state index is 8.98. The van der Waals surface area contributed by atoms with Gasteiger partial charge in [0.15, 0.2) is 11.9 Å². The van der Waals surface area contributed by atoms with Crippen LogP contribution in [0.2, 0.25) is 0 Å². The van der Waals surface area contributed by atoms with Crippen LogP contribution in [0.5, 0.6) is 0 Å². The van der Waals surface area contributed by atoms with Crippen LogP contribution in [-0.4, -0.2) is 12.5 Å². The minimum absolute atomic E-state index is 0.474. The van der Waals surface area contributed by atoms with Crippen molar-refractivity contribution in [2.24, 2.45) is 4.99 Å². The summed E-state index contributed by atoms with van der Waals surface area (Å²) in [7, 11) is 0. The molecule has 1 unspecified atom stereocenters. The first kappa shape index (κ1) is 11.3. The largest absolute Gasteiger partial charge is 0.481 e. The molecule has 3 heteroatoms. The molecule has 1 atom stereocenters. The molecule has 0 heterocycles. The van der Waals surface area contributed by atoms with Crippen LogP contribution in [-0.2, 0) is 4.74 Å². The second kappa shape index (κ2) is 5.82. The van der Waals surface area contributed by atoms with E-state index in [1.54, 1.807) is 6.92 Å². The molecule has 1 aromatic carbocycles. The van der Waals surface area contributed by atoms with Gasteiger partial charge in [-0.05, 0) is 12.5 Å². The topological polar surface area (TPSA) is 45.4 Å². The van der Waals surface area contributed by atoms with E-state index in [9.17, 15) is 0 Å². The Bertz CT molecular complexity index is 365. The van der Waals surface area contributed by atoms with E-state index < -0.39 is 6.04 Å². The summed E-state index contributed by atoms with van der Waals surface area (Å²) in [6.45, 7) is 4.22. The Labute approximate surface area is 90.0 Å². The van der Waals surface area contributed by atoms with Crippen molar-refractivity contribution in [1.29, 1.82) is 5.26 Å². The second-order valence-electron chi connectivity index (χ2n) is 3.02. The lowest BCUT2D eigenvalue weighted by Gasteiger charge is -2.06. The molecule has 0 saturated heterocycles. The van der Waals surface area contributed by atoms with Gasteiger partial charge in [0.1, 0.15) is 0 Å². The van der Waals surface area contributed by atoms with Gasteiger partial charge in [0, 0.05) is 6.92 Å². The van der Waals surface area contributed by atoms with Crippen LogP contribution in [0.4, 0.5) is 0 Å².